The fourth-order valence-corrected chi connectivity index (χ4v) is 3.70. The fraction of sp³-hybridized carbons (Fsp3) is 0.400. The zero-order valence-electron chi connectivity index (χ0n) is 18.1. The molecule has 2 aromatic rings. The van der Waals surface area contributed by atoms with E-state index < -0.39 is 5.97 Å². The first kappa shape index (κ1) is 25.1. The minimum atomic E-state index is -0.434. The van der Waals surface area contributed by atoms with Gasteiger partial charge < -0.3 is 18.9 Å². The number of hydrogen-bond acceptors (Lipinski definition) is 5. The predicted molar refractivity (Wildman–Crippen MR) is 125 cm³/mol. The van der Waals surface area contributed by atoms with Crippen molar-refractivity contribution in [2.45, 2.75) is 39.3 Å². The van der Waals surface area contributed by atoms with Gasteiger partial charge >= 0.3 is 5.97 Å². The summed E-state index contributed by atoms with van der Waals surface area (Å²) in [5.74, 6) is -0.429. The molecule has 5 nitrogen and oxygen atoms in total. The second-order valence-electron chi connectivity index (χ2n) is 7.08. The van der Waals surface area contributed by atoms with Gasteiger partial charge in [-0.3, -0.25) is 0 Å². The predicted octanol–water partition coefficient (Wildman–Crippen LogP) is 5.28. The summed E-state index contributed by atoms with van der Waals surface area (Å²) in [5, 5.41) is 0.654. The molecule has 2 aromatic carbocycles. The molecule has 3 atom stereocenters. The lowest BCUT2D eigenvalue weighted by molar-refractivity contribution is -0.137. The Balaban J connectivity index is 1.97. The van der Waals surface area contributed by atoms with Gasteiger partial charge in [0.05, 0.1) is 44.9 Å². The average Bonchev–Trinajstić information content (AvgIpc) is 2.80. The molecule has 6 heteroatoms. The molecule has 168 valence electrons. The van der Waals surface area contributed by atoms with Crippen LogP contribution in [-0.4, -0.2) is 36.7 Å². The van der Waals surface area contributed by atoms with Crippen LogP contribution in [-0.2, 0) is 37.0 Å². The van der Waals surface area contributed by atoms with Crippen LogP contribution < -0.4 is 0 Å². The maximum atomic E-state index is 11.6. The summed E-state index contributed by atoms with van der Waals surface area (Å²) in [6.45, 7) is 5.51. The van der Waals surface area contributed by atoms with Crippen molar-refractivity contribution in [3.63, 3.8) is 0 Å². The molecule has 0 saturated heterocycles. The van der Waals surface area contributed by atoms with E-state index in [0.29, 0.717) is 31.8 Å². The van der Waals surface area contributed by atoms with Crippen molar-refractivity contribution in [2.24, 2.45) is 5.92 Å². The molecule has 0 N–H and O–H groups in total. The molecule has 0 heterocycles. The van der Waals surface area contributed by atoms with Gasteiger partial charge in [0.1, 0.15) is 6.10 Å². The van der Waals surface area contributed by atoms with Gasteiger partial charge in [-0.1, -0.05) is 83.5 Å². The Bertz CT molecular complexity index is 766. The molecular weight excluding hydrogens is 460 g/mol. The molecule has 0 saturated carbocycles. The number of rotatable bonds is 14. The normalized spacial score (nSPS) is 14.2. The van der Waals surface area contributed by atoms with Crippen LogP contribution in [0.2, 0.25) is 0 Å². The molecule has 0 amide bonds. The zero-order valence-corrected chi connectivity index (χ0v) is 19.7. The Kier molecular flexibility index (Phi) is 12.0. The van der Waals surface area contributed by atoms with E-state index in [0.717, 1.165) is 11.1 Å². The molecule has 0 aliphatic rings. The number of alkyl halides is 1. The topological polar surface area (TPSA) is 54.0 Å². The van der Waals surface area contributed by atoms with Gasteiger partial charge in [-0.15, -0.1) is 0 Å². The minimum absolute atomic E-state index is 0.00528. The largest absolute Gasteiger partial charge is 0.495 e. The monoisotopic (exact) mass is 490 g/mol. The Hall–Kier alpha value is -2.15. The third-order valence-corrected chi connectivity index (χ3v) is 5.41. The molecule has 2 rings (SSSR count). The summed E-state index contributed by atoms with van der Waals surface area (Å²) in [6, 6.07) is 20.0. The van der Waals surface area contributed by atoms with E-state index in [2.05, 4.69) is 22.9 Å². The molecule has 0 fully saturated rings. The van der Waals surface area contributed by atoms with E-state index in [1.165, 1.54) is 12.3 Å². The second-order valence-corrected chi connectivity index (χ2v) is 7.73. The van der Waals surface area contributed by atoms with Crippen LogP contribution in [0.3, 0.4) is 0 Å². The van der Waals surface area contributed by atoms with Crippen LogP contribution >= 0.6 is 15.9 Å². The van der Waals surface area contributed by atoms with Crippen LogP contribution in [0.5, 0.6) is 0 Å². The molecule has 0 spiro atoms. The lowest BCUT2D eigenvalue weighted by Crippen LogP contribution is -2.36. The number of halogens is 1. The molecule has 0 bridgehead atoms. The third-order valence-electron chi connectivity index (χ3n) is 4.77. The summed E-state index contributed by atoms with van der Waals surface area (Å²) in [7, 11) is 0. The Morgan fingerprint density at radius 3 is 2.16 bits per heavy atom. The highest BCUT2D eigenvalue weighted by Gasteiger charge is 2.27. The summed E-state index contributed by atoms with van der Waals surface area (Å²) in [4.78, 5) is 11.6. The summed E-state index contributed by atoms with van der Waals surface area (Å²) < 4.78 is 22.9. The van der Waals surface area contributed by atoms with Crippen molar-refractivity contribution in [1.82, 2.24) is 0 Å². The van der Waals surface area contributed by atoms with Crippen LogP contribution in [0.25, 0.3) is 0 Å². The first-order valence-corrected chi connectivity index (χ1v) is 11.6. The van der Waals surface area contributed by atoms with Gasteiger partial charge in [0.2, 0.25) is 0 Å². The van der Waals surface area contributed by atoms with Crippen LogP contribution in [0.1, 0.15) is 25.0 Å². The number of hydrogen-bond donors (Lipinski definition) is 0. The van der Waals surface area contributed by atoms with E-state index in [4.69, 9.17) is 18.9 Å². The fourth-order valence-electron chi connectivity index (χ4n) is 2.92. The summed E-state index contributed by atoms with van der Waals surface area (Å²) >= 11 is 3.56. The third kappa shape index (κ3) is 9.68. The van der Waals surface area contributed by atoms with Crippen molar-refractivity contribution in [3.05, 3.63) is 84.1 Å². The van der Waals surface area contributed by atoms with Crippen molar-refractivity contribution in [3.8, 4) is 0 Å². The number of carbonyl (C=O) groups excluding carboxylic acids is 1. The molecule has 0 aromatic heterocycles. The van der Waals surface area contributed by atoms with Gasteiger partial charge in [-0.2, -0.15) is 0 Å². The van der Waals surface area contributed by atoms with Gasteiger partial charge in [0.25, 0.3) is 0 Å². The number of carbonyl (C=O) groups is 1. The summed E-state index contributed by atoms with van der Waals surface area (Å²) in [6.07, 6.45) is 2.27. The van der Waals surface area contributed by atoms with Gasteiger partial charge in [-0.05, 0) is 18.1 Å². The number of benzene rings is 2. The molecule has 0 radical (unpaired) electrons. The maximum Gasteiger partial charge on any atom is 0.333 e. The number of esters is 1. The van der Waals surface area contributed by atoms with E-state index in [1.54, 1.807) is 6.92 Å². The van der Waals surface area contributed by atoms with E-state index >= 15 is 0 Å². The van der Waals surface area contributed by atoms with E-state index in [9.17, 15) is 4.79 Å². The second kappa shape index (κ2) is 14.8. The number of ether oxygens (including phenoxy) is 4. The van der Waals surface area contributed by atoms with E-state index in [-0.39, 0.29) is 18.1 Å². The van der Waals surface area contributed by atoms with Crippen LogP contribution in [0.4, 0.5) is 0 Å². The highest BCUT2D eigenvalue weighted by molar-refractivity contribution is 9.09. The molecule has 0 unspecified atom stereocenters. The lowest BCUT2D eigenvalue weighted by Gasteiger charge is -2.29. The van der Waals surface area contributed by atoms with Crippen molar-refractivity contribution in [2.75, 3.05) is 18.5 Å². The van der Waals surface area contributed by atoms with Gasteiger partial charge in [0.15, 0.2) is 0 Å². The van der Waals surface area contributed by atoms with Crippen molar-refractivity contribution >= 4 is 21.9 Å². The van der Waals surface area contributed by atoms with Crippen molar-refractivity contribution < 1.29 is 23.7 Å². The van der Waals surface area contributed by atoms with E-state index in [1.807, 2.05) is 60.7 Å². The Morgan fingerprint density at radius 2 is 1.58 bits per heavy atom. The zero-order chi connectivity index (χ0) is 22.3. The first-order chi connectivity index (χ1) is 15.1. The SMILES string of the molecule is CCOC(=O)/C=C/O[C@H](COCc1ccccc1)[C@H](C)[C@H](CBr)OCc1ccccc1. The minimum Gasteiger partial charge on any atom is -0.495 e. The Morgan fingerprint density at radius 1 is 0.968 bits per heavy atom. The molecule has 0 aliphatic carbocycles. The molecule has 31 heavy (non-hydrogen) atoms. The maximum absolute atomic E-state index is 11.6. The molecule has 0 aliphatic heterocycles. The highest BCUT2D eigenvalue weighted by Crippen LogP contribution is 2.20. The Labute approximate surface area is 193 Å². The lowest BCUT2D eigenvalue weighted by atomic mass is 9.99. The van der Waals surface area contributed by atoms with Gasteiger partial charge in [0, 0.05) is 11.2 Å². The van der Waals surface area contributed by atoms with Crippen molar-refractivity contribution in [1.29, 1.82) is 0 Å². The molecular formula is C25H31BrO5. The quantitative estimate of drug-likeness (QED) is 0.156. The summed E-state index contributed by atoms with van der Waals surface area (Å²) in [5.41, 5.74) is 2.20. The first-order valence-electron chi connectivity index (χ1n) is 10.5. The van der Waals surface area contributed by atoms with Crippen LogP contribution in [0.15, 0.2) is 73.0 Å². The standard InChI is InChI=1S/C25H31BrO5/c1-3-29-25(27)14-15-30-24(19-28-17-21-10-6-4-7-11-21)20(2)23(16-26)31-18-22-12-8-5-9-13-22/h4-15,20,23-24H,3,16-19H2,1-2H3/b15-14+/t20-,23+,24-/m1/s1. The smallest absolute Gasteiger partial charge is 0.333 e. The van der Waals surface area contributed by atoms with Crippen LogP contribution in [0, 0.1) is 5.92 Å². The highest BCUT2D eigenvalue weighted by atomic mass is 79.9. The van der Waals surface area contributed by atoms with Gasteiger partial charge in [-0.25, -0.2) is 4.79 Å². The average molecular weight is 491 g/mol.